The number of carbonyl (C=O) groups excluding carboxylic acids is 1. The summed E-state index contributed by atoms with van der Waals surface area (Å²) in [5.74, 6) is 0.121. The lowest BCUT2D eigenvalue weighted by Gasteiger charge is -2.25. The van der Waals surface area contributed by atoms with Gasteiger partial charge in [-0.05, 0) is 81.6 Å². The second kappa shape index (κ2) is 9.92. The lowest BCUT2D eigenvalue weighted by Crippen LogP contribution is -2.39. The minimum absolute atomic E-state index is 0.121. The highest BCUT2D eigenvalue weighted by atomic mass is 32.1. The van der Waals surface area contributed by atoms with Crippen LogP contribution in [0.25, 0.3) is 10.2 Å². The van der Waals surface area contributed by atoms with Gasteiger partial charge in [0.2, 0.25) is 5.91 Å². The van der Waals surface area contributed by atoms with E-state index in [0.717, 1.165) is 40.5 Å². The summed E-state index contributed by atoms with van der Waals surface area (Å²) in [6.07, 6.45) is 0.407. The average molecular weight is 438 g/mol. The summed E-state index contributed by atoms with van der Waals surface area (Å²) < 4.78 is 1.15. The highest BCUT2D eigenvalue weighted by molar-refractivity contribution is 7.22. The van der Waals surface area contributed by atoms with Gasteiger partial charge in [0.25, 0.3) is 0 Å². The van der Waals surface area contributed by atoms with Gasteiger partial charge in [-0.25, -0.2) is 4.98 Å². The standard InChI is InChI=1S/C26H35N3OS/c1-8-28(9-2)10-11-29(24(30)16-22-19(5)12-17(3)13-20(22)6)26-27-25-21(7)14-18(4)15-23(25)31-26/h12-15H,8-11,16H2,1-7H3. The van der Waals surface area contributed by atoms with Crippen LogP contribution in [0.4, 0.5) is 5.13 Å². The van der Waals surface area contributed by atoms with Gasteiger partial charge in [0.1, 0.15) is 0 Å². The maximum absolute atomic E-state index is 13.6. The van der Waals surface area contributed by atoms with Crippen LogP contribution >= 0.6 is 11.3 Å². The Morgan fingerprint density at radius 1 is 0.871 bits per heavy atom. The van der Waals surface area contributed by atoms with Crippen LogP contribution in [0.1, 0.15) is 47.2 Å². The van der Waals surface area contributed by atoms with Crippen molar-refractivity contribution in [2.24, 2.45) is 0 Å². The van der Waals surface area contributed by atoms with Crippen LogP contribution in [-0.2, 0) is 11.2 Å². The normalized spacial score (nSPS) is 11.5. The van der Waals surface area contributed by atoms with Gasteiger partial charge in [-0.3, -0.25) is 9.69 Å². The Kier molecular flexibility index (Phi) is 7.50. The molecule has 31 heavy (non-hydrogen) atoms. The summed E-state index contributed by atoms with van der Waals surface area (Å²) in [6.45, 7) is 18.3. The lowest BCUT2D eigenvalue weighted by molar-refractivity contribution is -0.118. The Labute approximate surface area is 190 Å². The summed E-state index contributed by atoms with van der Waals surface area (Å²) in [5.41, 5.74) is 8.15. The maximum Gasteiger partial charge on any atom is 0.233 e. The molecule has 1 aromatic heterocycles. The predicted octanol–water partition coefficient (Wildman–Crippen LogP) is 5.76. The van der Waals surface area contributed by atoms with Crippen molar-refractivity contribution in [3.05, 3.63) is 57.6 Å². The molecule has 1 amide bonds. The number of likely N-dealkylation sites (N-methyl/N-ethyl adjacent to an activating group) is 1. The minimum Gasteiger partial charge on any atom is -0.302 e. The van der Waals surface area contributed by atoms with Gasteiger partial charge in [-0.15, -0.1) is 0 Å². The molecule has 2 aromatic carbocycles. The first kappa shape index (κ1) is 23.4. The topological polar surface area (TPSA) is 36.4 Å². The molecule has 166 valence electrons. The SMILES string of the molecule is CCN(CC)CCN(C(=O)Cc1c(C)cc(C)cc1C)c1nc2c(C)cc(C)cc2s1. The van der Waals surface area contributed by atoms with Crippen LogP contribution in [0.3, 0.4) is 0 Å². The summed E-state index contributed by atoms with van der Waals surface area (Å²) >= 11 is 1.63. The van der Waals surface area contributed by atoms with Crippen molar-refractivity contribution in [2.45, 2.75) is 54.9 Å². The van der Waals surface area contributed by atoms with Crippen molar-refractivity contribution in [1.29, 1.82) is 0 Å². The van der Waals surface area contributed by atoms with Crippen LogP contribution in [0.5, 0.6) is 0 Å². The van der Waals surface area contributed by atoms with Crippen LogP contribution in [0.2, 0.25) is 0 Å². The molecule has 4 nitrogen and oxygen atoms in total. The predicted molar refractivity (Wildman–Crippen MR) is 134 cm³/mol. The third kappa shape index (κ3) is 5.34. The van der Waals surface area contributed by atoms with E-state index in [0.29, 0.717) is 13.0 Å². The van der Waals surface area contributed by atoms with Gasteiger partial charge < -0.3 is 4.90 Å². The number of rotatable bonds is 8. The number of amides is 1. The molecule has 0 aliphatic heterocycles. The van der Waals surface area contributed by atoms with Crippen molar-refractivity contribution >= 4 is 32.6 Å². The summed E-state index contributed by atoms with van der Waals surface area (Å²) in [7, 11) is 0. The molecule has 0 spiro atoms. The zero-order chi connectivity index (χ0) is 22.7. The van der Waals surface area contributed by atoms with Crippen LogP contribution in [0.15, 0.2) is 24.3 Å². The first-order valence-electron chi connectivity index (χ1n) is 11.2. The molecular weight excluding hydrogens is 402 g/mol. The quantitative estimate of drug-likeness (QED) is 0.450. The van der Waals surface area contributed by atoms with Crippen molar-refractivity contribution < 1.29 is 4.79 Å². The van der Waals surface area contributed by atoms with E-state index in [2.05, 4.69) is 77.6 Å². The second-order valence-electron chi connectivity index (χ2n) is 8.55. The Morgan fingerprint density at radius 3 is 2.06 bits per heavy atom. The molecule has 0 N–H and O–H groups in total. The number of nitrogens with zero attached hydrogens (tertiary/aromatic N) is 3. The van der Waals surface area contributed by atoms with Gasteiger partial charge in [-0.2, -0.15) is 0 Å². The minimum atomic E-state index is 0.121. The Balaban J connectivity index is 1.96. The zero-order valence-corrected chi connectivity index (χ0v) is 20.8. The number of aromatic nitrogens is 1. The largest absolute Gasteiger partial charge is 0.302 e. The number of fused-ring (bicyclic) bond motifs is 1. The number of carbonyl (C=O) groups is 1. The average Bonchev–Trinajstić information content (AvgIpc) is 3.12. The van der Waals surface area contributed by atoms with Crippen LogP contribution in [-0.4, -0.2) is 42.0 Å². The molecule has 3 rings (SSSR count). The molecule has 0 radical (unpaired) electrons. The van der Waals surface area contributed by atoms with E-state index in [4.69, 9.17) is 4.98 Å². The zero-order valence-electron chi connectivity index (χ0n) is 20.0. The molecule has 0 bridgehead atoms. The molecular formula is C26H35N3OS. The maximum atomic E-state index is 13.6. The van der Waals surface area contributed by atoms with Crippen molar-refractivity contribution in [2.75, 3.05) is 31.1 Å². The number of benzene rings is 2. The van der Waals surface area contributed by atoms with Gasteiger partial charge in [0.05, 0.1) is 16.6 Å². The van der Waals surface area contributed by atoms with Gasteiger partial charge in [0.15, 0.2) is 5.13 Å². The van der Waals surface area contributed by atoms with E-state index in [-0.39, 0.29) is 5.91 Å². The molecule has 0 saturated heterocycles. The van der Waals surface area contributed by atoms with Crippen molar-refractivity contribution in [3.63, 3.8) is 0 Å². The van der Waals surface area contributed by atoms with E-state index < -0.39 is 0 Å². The molecule has 0 aliphatic carbocycles. The first-order valence-corrected chi connectivity index (χ1v) is 12.0. The molecule has 1 heterocycles. The molecule has 0 aliphatic rings. The highest BCUT2D eigenvalue weighted by Crippen LogP contribution is 2.32. The van der Waals surface area contributed by atoms with E-state index in [1.165, 1.54) is 27.8 Å². The van der Waals surface area contributed by atoms with Crippen molar-refractivity contribution in [3.8, 4) is 0 Å². The van der Waals surface area contributed by atoms with E-state index in [9.17, 15) is 4.79 Å². The van der Waals surface area contributed by atoms with Gasteiger partial charge >= 0.3 is 0 Å². The molecule has 0 saturated carbocycles. The Morgan fingerprint density at radius 2 is 1.45 bits per heavy atom. The Hall–Kier alpha value is -2.24. The molecule has 0 fully saturated rings. The third-order valence-corrected chi connectivity index (χ3v) is 7.08. The van der Waals surface area contributed by atoms with Gasteiger partial charge in [0, 0.05) is 13.1 Å². The lowest BCUT2D eigenvalue weighted by atomic mass is 9.97. The molecule has 0 atom stereocenters. The second-order valence-corrected chi connectivity index (χ2v) is 9.56. The van der Waals surface area contributed by atoms with Gasteiger partial charge in [-0.1, -0.05) is 48.9 Å². The Bertz CT molecular complexity index is 1060. The van der Waals surface area contributed by atoms with E-state index >= 15 is 0 Å². The number of thiazole rings is 1. The van der Waals surface area contributed by atoms with Crippen LogP contribution < -0.4 is 4.90 Å². The van der Waals surface area contributed by atoms with E-state index in [1.807, 2.05) is 4.90 Å². The third-order valence-electron chi connectivity index (χ3n) is 6.05. The summed E-state index contributed by atoms with van der Waals surface area (Å²) in [5, 5.41) is 0.809. The first-order chi connectivity index (χ1) is 14.7. The van der Waals surface area contributed by atoms with E-state index in [1.54, 1.807) is 11.3 Å². The van der Waals surface area contributed by atoms with Crippen molar-refractivity contribution in [1.82, 2.24) is 9.88 Å². The monoisotopic (exact) mass is 437 g/mol. The summed E-state index contributed by atoms with van der Waals surface area (Å²) in [4.78, 5) is 22.8. The number of hydrogen-bond acceptors (Lipinski definition) is 4. The molecule has 3 aromatic rings. The fourth-order valence-electron chi connectivity index (χ4n) is 4.32. The number of hydrogen-bond donors (Lipinski definition) is 0. The number of aryl methyl sites for hydroxylation is 5. The fraction of sp³-hybridized carbons (Fsp3) is 0.462. The molecule has 5 heteroatoms. The molecule has 0 unspecified atom stereocenters. The smallest absolute Gasteiger partial charge is 0.233 e. The highest BCUT2D eigenvalue weighted by Gasteiger charge is 2.22. The number of anilines is 1. The van der Waals surface area contributed by atoms with Crippen LogP contribution in [0, 0.1) is 34.6 Å². The summed E-state index contributed by atoms with van der Waals surface area (Å²) in [6, 6.07) is 8.66. The fourth-order valence-corrected chi connectivity index (χ4v) is 5.50.